The van der Waals surface area contributed by atoms with Gasteiger partial charge in [-0.05, 0) is 18.6 Å². The predicted molar refractivity (Wildman–Crippen MR) is 55.0 cm³/mol. The van der Waals surface area contributed by atoms with Crippen molar-refractivity contribution in [2.45, 2.75) is 6.92 Å². The van der Waals surface area contributed by atoms with Crippen LogP contribution in [0.1, 0.15) is 11.1 Å². The monoisotopic (exact) mass is 216 g/mol. The van der Waals surface area contributed by atoms with Gasteiger partial charge in [0.2, 0.25) is 0 Å². The summed E-state index contributed by atoms with van der Waals surface area (Å²) < 4.78 is 21.1. The van der Waals surface area contributed by atoms with Gasteiger partial charge >= 0.3 is 0 Å². The minimum atomic E-state index is -3.54. The summed E-state index contributed by atoms with van der Waals surface area (Å²) in [6, 6.07) is 7.46. The van der Waals surface area contributed by atoms with E-state index >= 15 is 0 Å². The lowest BCUT2D eigenvalue weighted by Gasteiger charge is -1.93. The fraction of sp³-hybridized carbons (Fsp3) is 0.111. The summed E-state index contributed by atoms with van der Waals surface area (Å²) in [5, 5.41) is 0.971. The Hall–Kier alpha value is -0.800. The van der Waals surface area contributed by atoms with Gasteiger partial charge in [0.1, 0.15) is 0 Å². The summed E-state index contributed by atoms with van der Waals surface area (Å²) in [5.74, 6) is 0. The molecule has 0 radical (unpaired) electrons. The average molecular weight is 217 g/mol. The third-order valence-electron chi connectivity index (χ3n) is 1.50. The van der Waals surface area contributed by atoms with E-state index in [4.69, 9.17) is 10.7 Å². The highest BCUT2D eigenvalue weighted by Gasteiger charge is 1.95. The van der Waals surface area contributed by atoms with Crippen LogP contribution in [0, 0.1) is 6.92 Å². The molecule has 1 rings (SSSR count). The summed E-state index contributed by atoms with van der Waals surface area (Å²) in [7, 11) is 1.46. The molecule has 0 bridgehead atoms. The van der Waals surface area contributed by atoms with Crippen molar-refractivity contribution in [2.24, 2.45) is 0 Å². The first-order chi connectivity index (χ1) is 5.97. The van der Waals surface area contributed by atoms with Crippen molar-refractivity contribution in [1.82, 2.24) is 0 Å². The third kappa shape index (κ3) is 4.10. The number of aryl methyl sites for hydroxylation is 1. The zero-order valence-corrected chi connectivity index (χ0v) is 8.64. The topological polar surface area (TPSA) is 34.1 Å². The molecule has 0 spiro atoms. The van der Waals surface area contributed by atoms with Gasteiger partial charge in [0, 0.05) is 16.1 Å². The molecule has 4 heteroatoms. The Labute approximate surface area is 82.3 Å². The van der Waals surface area contributed by atoms with E-state index in [-0.39, 0.29) is 0 Å². The lowest BCUT2D eigenvalue weighted by molar-refractivity contribution is 0.617. The zero-order chi connectivity index (χ0) is 9.90. The molecular weight excluding hydrogens is 208 g/mol. The molecule has 0 amide bonds. The normalized spacial score (nSPS) is 12.2. The van der Waals surface area contributed by atoms with Gasteiger partial charge in [-0.3, -0.25) is 0 Å². The van der Waals surface area contributed by atoms with Gasteiger partial charge in [0.15, 0.2) is 0 Å². The van der Waals surface area contributed by atoms with E-state index in [2.05, 4.69) is 0 Å². The molecule has 2 nitrogen and oxygen atoms in total. The second-order valence-electron chi connectivity index (χ2n) is 2.69. The van der Waals surface area contributed by atoms with Crippen LogP contribution in [0.3, 0.4) is 0 Å². The van der Waals surface area contributed by atoms with Crippen LogP contribution in [0.2, 0.25) is 0 Å². The minimum absolute atomic E-state index is 0.815. The Kier molecular flexibility index (Phi) is 3.12. The lowest BCUT2D eigenvalue weighted by Crippen LogP contribution is -1.79. The van der Waals surface area contributed by atoms with Crippen LogP contribution in [0.5, 0.6) is 0 Å². The molecule has 0 atom stereocenters. The maximum atomic E-state index is 10.6. The van der Waals surface area contributed by atoms with Gasteiger partial charge in [0.25, 0.3) is 9.05 Å². The van der Waals surface area contributed by atoms with Gasteiger partial charge < -0.3 is 0 Å². The molecule has 70 valence electrons. The van der Waals surface area contributed by atoms with E-state index in [1.807, 2.05) is 31.2 Å². The van der Waals surface area contributed by atoms with Crippen LogP contribution >= 0.6 is 10.7 Å². The van der Waals surface area contributed by atoms with Crippen LogP contribution in [-0.4, -0.2) is 8.42 Å². The largest absolute Gasteiger partial charge is 0.254 e. The number of benzene rings is 1. The van der Waals surface area contributed by atoms with E-state index in [1.165, 1.54) is 6.08 Å². The van der Waals surface area contributed by atoms with Crippen molar-refractivity contribution in [2.75, 3.05) is 0 Å². The molecule has 13 heavy (non-hydrogen) atoms. The molecule has 0 N–H and O–H groups in total. The van der Waals surface area contributed by atoms with E-state index < -0.39 is 9.05 Å². The van der Waals surface area contributed by atoms with Crippen molar-refractivity contribution in [1.29, 1.82) is 0 Å². The van der Waals surface area contributed by atoms with Crippen LogP contribution in [0.15, 0.2) is 29.7 Å². The SMILES string of the molecule is Cc1ccc(/C=C/S(=O)(=O)Cl)cc1. The Morgan fingerprint density at radius 2 is 1.77 bits per heavy atom. The first-order valence-corrected chi connectivity index (χ1v) is 6.04. The molecular formula is C9H9ClO2S. The Morgan fingerprint density at radius 3 is 2.23 bits per heavy atom. The first-order valence-electron chi connectivity index (χ1n) is 3.67. The zero-order valence-electron chi connectivity index (χ0n) is 7.07. The summed E-state index contributed by atoms with van der Waals surface area (Å²) in [4.78, 5) is 0. The highest BCUT2D eigenvalue weighted by molar-refractivity contribution is 8.16. The van der Waals surface area contributed by atoms with E-state index in [1.54, 1.807) is 0 Å². The minimum Gasteiger partial charge on any atom is -0.208 e. The lowest BCUT2D eigenvalue weighted by atomic mass is 10.2. The van der Waals surface area contributed by atoms with Gasteiger partial charge in [0.05, 0.1) is 0 Å². The number of hydrogen-bond acceptors (Lipinski definition) is 2. The molecule has 1 aromatic rings. The maximum absolute atomic E-state index is 10.6. The maximum Gasteiger partial charge on any atom is 0.254 e. The Balaban J connectivity index is 2.88. The highest BCUT2D eigenvalue weighted by atomic mass is 35.7. The molecule has 0 aromatic heterocycles. The molecule has 0 fully saturated rings. The quantitative estimate of drug-likeness (QED) is 0.712. The second-order valence-corrected chi connectivity index (χ2v) is 5.20. The highest BCUT2D eigenvalue weighted by Crippen LogP contribution is 2.07. The molecule has 0 saturated carbocycles. The molecule has 0 saturated heterocycles. The van der Waals surface area contributed by atoms with E-state index in [9.17, 15) is 8.42 Å². The van der Waals surface area contributed by atoms with Gasteiger partial charge in [-0.2, -0.15) is 0 Å². The predicted octanol–water partition coefficient (Wildman–Crippen LogP) is 2.53. The van der Waals surface area contributed by atoms with Crippen molar-refractivity contribution >= 4 is 25.8 Å². The summed E-state index contributed by atoms with van der Waals surface area (Å²) in [6.45, 7) is 1.96. The average Bonchev–Trinajstić information content (AvgIpc) is 2.02. The van der Waals surface area contributed by atoms with Gasteiger partial charge in [-0.1, -0.05) is 29.8 Å². The molecule has 0 aliphatic heterocycles. The number of hydrogen-bond donors (Lipinski definition) is 0. The fourth-order valence-corrected chi connectivity index (χ4v) is 1.31. The van der Waals surface area contributed by atoms with Crippen LogP contribution < -0.4 is 0 Å². The van der Waals surface area contributed by atoms with Crippen LogP contribution in [0.25, 0.3) is 6.08 Å². The van der Waals surface area contributed by atoms with Crippen molar-refractivity contribution in [3.05, 3.63) is 40.8 Å². The Morgan fingerprint density at radius 1 is 1.23 bits per heavy atom. The number of halogens is 1. The van der Waals surface area contributed by atoms with Gasteiger partial charge in [-0.15, -0.1) is 0 Å². The molecule has 0 aliphatic rings. The first kappa shape index (κ1) is 10.3. The molecule has 0 unspecified atom stereocenters. The molecule has 0 heterocycles. The second kappa shape index (κ2) is 3.94. The Bertz CT molecular complexity index is 404. The van der Waals surface area contributed by atoms with Crippen LogP contribution in [0.4, 0.5) is 0 Å². The van der Waals surface area contributed by atoms with E-state index in [0.29, 0.717) is 0 Å². The van der Waals surface area contributed by atoms with Gasteiger partial charge in [-0.25, -0.2) is 8.42 Å². The smallest absolute Gasteiger partial charge is 0.208 e. The summed E-state index contributed by atoms with van der Waals surface area (Å²) in [6.07, 6.45) is 1.46. The fourth-order valence-electron chi connectivity index (χ4n) is 0.837. The van der Waals surface area contributed by atoms with Crippen molar-refractivity contribution in [3.63, 3.8) is 0 Å². The van der Waals surface area contributed by atoms with Crippen molar-refractivity contribution in [3.8, 4) is 0 Å². The van der Waals surface area contributed by atoms with Crippen molar-refractivity contribution < 1.29 is 8.42 Å². The third-order valence-corrected chi connectivity index (χ3v) is 2.27. The summed E-state index contributed by atoms with van der Waals surface area (Å²) in [5.41, 5.74) is 1.95. The molecule has 0 aliphatic carbocycles. The number of rotatable bonds is 2. The van der Waals surface area contributed by atoms with E-state index in [0.717, 1.165) is 16.5 Å². The standard InChI is InChI=1S/C9H9ClO2S/c1-8-2-4-9(5-3-8)6-7-13(10,11)12/h2-7H,1H3/b7-6+. The summed E-state index contributed by atoms with van der Waals surface area (Å²) >= 11 is 0. The van der Waals surface area contributed by atoms with Crippen LogP contribution in [-0.2, 0) is 9.05 Å². The molecule has 1 aromatic carbocycles.